The van der Waals surface area contributed by atoms with Crippen LogP contribution in [0.1, 0.15) is 26.8 Å². The van der Waals surface area contributed by atoms with Crippen LogP contribution in [0.25, 0.3) is 0 Å². The van der Waals surface area contributed by atoms with E-state index in [1.165, 1.54) is 19.1 Å². The molecule has 1 heterocycles. The Labute approximate surface area is 141 Å². The Kier molecular flexibility index (Phi) is 5.55. The summed E-state index contributed by atoms with van der Waals surface area (Å²) in [6, 6.07) is 4.56. The third-order valence-electron chi connectivity index (χ3n) is 2.81. The van der Waals surface area contributed by atoms with Gasteiger partial charge in [0.05, 0.1) is 10.7 Å². The van der Waals surface area contributed by atoms with E-state index in [-0.39, 0.29) is 10.7 Å². The molecule has 0 saturated heterocycles. The lowest BCUT2D eigenvalue weighted by Crippen LogP contribution is -2.33. The minimum Gasteiger partial charge on any atom is -0.426 e. The lowest BCUT2D eigenvalue weighted by molar-refractivity contribution is -0.252. The minimum absolute atomic E-state index is 0.203. The summed E-state index contributed by atoms with van der Waals surface area (Å²) in [4.78, 5) is 15.3. The Morgan fingerprint density at radius 1 is 1.24 bits per heavy atom. The molecule has 1 amide bonds. The van der Waals surface area contributed by atoms with Crippen molar-refractivity contribution in [2.45, 2.75) is 25.9 Å². The lowest BCUT2D eigenvalue weighted by atomic mass is 10.2. The van der Waals surface area contributed by atoms with Crippen LogP contribution in [0.4, 0.5) is 32.0 Å². The third kappa shape index (κ3) is 4.41. The van der Waals surface area contributed by atoms with Crippen LogP contribution in [0.3, 0.4) is 0 Å². The smallest absolute Gasteiger partial charge is 0.426 e. The predicted octanol–water partition coefficient (Wildman–Crippen LogP) is 4.88. The molecule has 0 aliphatic rings. The first kappa shape index (κ1) is 19.0. The molecule has 4 nitrogen and oxygen atoms in total. The fourth-order valence-electron chi connectivity index (χ4n) is 1.78. The Bertz CT molecular complexity index is 766. The zero-order chi connectivity index (χ0) is 18.8. The van der Waals surface area contributed by atoms with Crippen molar-refractivity contribution < 1.29 is 35.9 Å². The average molecular weight is 384 g/mol. The Hall–Kier alpha value is -2.30. The number of nitrogens with zero attached hydrogens (tertiary/aromatic N) is 1. The topological polar surface area (TPSA) is 51.2 Å². The number of benzene rings is 1. The number of halogens is 6. The number of amides is 1. The number of carbonyl (C=O) groups excluding carboxylic acids is 1. The normalized spacial score (nSPS) is 11.9. The molecular formula is C14H10F6N2O2S. The molecule has 1 aromatic heterocycles. The molecule has 25 heavy (non-hydrogen) atoms. The number of hydrogen-bond donors (Lipinski definition) is 1. The van der Waals surface area contributed by atoms with Crippen molar-refractivity contribution in [1.82, 2.24) is 4.98 Å². The highest BCUT2D eigenvalue weighted by Crippen LogP contribution is 2.34. The zero-order valence-electron chi connectivity index (χ0n) is 12.4. The van der Waals surface area contributed by atoms with Crippen LogP contribution < -0.4 is 10.1 Å². The molecule has 2 aromatic rings. The summed E-state index contributed by atoms with van der Waals surface area (Å²) in [5, 5.41) is 2.29. The lowest BCUT2D eigenvalue weighted by Gasteiger charge is -2.19. The van der Waals surface area contributed by atoms with Crippen molar-refractivity contribution in [3.8, 4) is 5.75 Å². The van der Waals surface area contributed by atoms with Crippen LogP contribution >= 0.6 is 11.3 Å². The van der Waals surface area contributed by atoms with E-state index in [9.17, 15) is 31.1 Å². The maximum absolute atomic E-state index is 13.1. The van der Waals surface area contributed by atoms with Crippen LogP contribution in [0, 0.1) is 6.92 Å². The van der Waals surface area contributed by atoms with Crippen molar-refractivity contribution in [2.24, 2.45) is 0 Å². The molecule has 11 heteroatoms. The fraction of sp³-hybridized carbons (Fsp3) is 0.286. The zero-order valence-corrected chi connectivity index (χ0v) is 13.2. The van der Waals surface area contributed by atoms with E-state index in [2.05, 4.69) is 15.0 Å². The van der Waals surface area contributed by atoms with E-state index in [1.54, 1.807) is 0 Å². The second-order valence-corrected chi connectivity index (χ2v) is 5.87. The number of nitrogens with one attached hydrogen (secondary N) is 1. The highest BCUT2D eigenvalue weighted by molar-refractivity contribution is 7.13. The molecule has 2 rings (SSSR count). The molecule has 0 radical (unpaired) electrons. The van der Waals surface area contributed by atoms with E-state index in [0.717, 1.165) is 12.1 Å². The molecule has 0 aliphatic carbocycles. The number of hydrogen-bond acceptors (Lipinski definition) is 4. The third-order valence-corrected chi connectivity index (χ3v) is 3.79. The maximum atomic E-state index is 13.1. The van der Waals surface area contributed by atoms with E-state index in [1.807, 2.05) is 0 Å². The standard InChI is InChI=1S/C14H10F6N2O2S/c1-6-21-9(11(15)16)10(25-6)12(23)22-7-4-2-3-5-8(7)24-14(19,20)13(17)18/h2-5,11,13H,1H3,(H,22,23). The van der Waals surface area contributed by atoms with Crippen LogP contribution in [0.15, 0.2) is 24.3 Å². The highest BCUT2D eigenvalue weighted by atomic mass is 32.1. The summed E-state index contributed by atoms with van der Waals surface area (Å²) in [5.41, 5.74) is -1.13. The fourth-order valence-corrected chi connectivity index (χ4v) is 2.61. The van der Waals surface area contributed by atoms with Crippen LogP contribution in [-0.2, 0) is 0 Å². The van der Waals surface area contributed by atoms with E-state index >= 15 is 0 Å². The van der Waals surface area contributed by atoms with Gasteiger partial charge in [0.1, 0.15) is 16.3 Å². The van der Waals surface area contributed by atoms with E-state index < -0.39 is 41.2 Å². The van der Waals surface area contributed by atoms with Gasteiger partial charge in [0, 0.05) is 0 Å². The van der Waals surface area contributed by atoms with Gasteiger partial charge in [0.25, 0.3) is 12.3 Å². The van der Waals surface area contributed by atoms with Crippen LogP contribution in [0.5, 0.6) is 5.75 Å². The summed E-state index contributed by atoms with van der Waals surface area (Å²) in [5.74, 6) is -1.78. The number of aromatic nitrogens is 1. The quantitative estimate of drug-likeness (QED) is 0.723. The second kappa shape index (κ2) is 7.30. The summed E-state index contributed by atoms with van der Waals surface area (Å²) < 4.78 is 80.3. The largest absolute Gasteiger partial charge is 0.461 e. The van der Waals surface area contributed by atoms with Crippen LogP contribution in [0.2, 0.25) is 0 Å². The molecule has 1 N–H and O–H groups in total. The number of carbonyl (C=O) groups is 1. The van der Waals surface area contributed by atoms with E-state index in [0.29, 0.717) is 11.3 Å². The predicted molar refractivity (Wildman–Crippen MR) is 77.8 cm³/mol. The van der Waals surface area contributed by atoms with Crippen molar-refractivity contribution >= 4 is 22.9 Å². The number of ether oxygens (including phenoxy) is 1. The number of thiazole rings is 1. The average Bonchev–Trinajstić information content (AvgIpc) is 2.91. The summed E-state index contributed by atoms with van der Waals surface area (Å²) in [7, 11) is 0. The van der Waals surface area contributed by atoms with Gasteiger partial charge in [0.2, 0.25) is 0 Å². The SMILES string of the molecule is Cc1nc(C(F)F)c(C(=O)Nc2ccccc2OC(F)(F)C(F)F)s1. The Morgan fingerprint density at radius 3 is 2.48 bits per heavy atom. The molecule has 0 fully saturated rings. The Morgan fingerprint density at radius 2 is 1.88 bits per heavy atom. The van der Waals surface area contributed by atoms with Crippen molar-refractivity contribution in [3.63, 3.8) is 0 Å². The summed E-state index contributed by atoms with van der Waals surface area (Å²) in [6.45, 7) is 1.41. The van der Waals surface area contributed by atoms with Gasteiger partial charge in [-0.15, -0.1) is 11.3 Å². The molecule has 1 aromatic carbocycles. The summed E-state index contributed by atoms with van der Waals surface area (Å²) in [6.07, 6.45) is -11.9. The molecule has 0 saturated carbocycles. The molecule has 0 spiro atoms. The Balaban J connectivity index is 2.28. The molecular weight excluding hydrogens is 374 g/mol. The molecule has 0 unspecified atom stereocenters. The van der Waals surface area contributed by atoms with Crippen LogP contribution in [-0.4, -0.2) is 23.4 Å². The highest BCUT2D eigenvalue weighted by Gasteiger charge is 2.44. The van der Waals surface area contributed by atoms with Crippen molar-refractivity contribution in [3.05, 3.63) is 39.8 Å². The number of anilines is 1. The van der Waals surface area contributed by atoms with Gasteiger partial charge < -0.3 is 10.1 Å². The van der Waals surface area contributed by atoms with Gasteiger partial charge in [-0.2, -0.15) is 17.6 Å². The summed E-state index contributed by atoms with van der Waals surface area (Å²) >= 11 is 0.682. The molecule has 136 valence electrons. The number of alkyl halides is 6. The number of para-hydroxylation sites is 2. The molecule has 0 atom stereocenters. The maximum Gasteiger partial charge on any atom is 0.461 e. The number of aryl methyl sites for hydroxylation is 1. The van der Waals surface area contributed by atoms with Gasteiger partial charge in [-0.25, -0.2) is 13.8 Å². The first-order chi connectivity index (χ1) is 11.6. The van der Waals surface area contributed by atoms with Gasteiger partial charge >= 0.3 is 12.5 Å². The van der Waals surface area contributed by atoms with Crippen molar-refractivity contribution in [2.75, 3.05) is 5.32 Å². The monoisotopic (exact) mass is 384 g/mol. The molecule has 0 aliphatic heterocycles. The minimum atomic E-state index is -4.78. The van der Waals surface area contributed by atoms with Gasteiger partial charge in [-0.05, 0) is 19.1 Å². The van der Waals surface area contributed by atoms with Gasteiger partial charge in [-0.1, -0.05) is 12.1 Å². The second-order valence-electron chi connectivity index (χ2n) is 4.66. The number of rotatable bonds is 6. The first-order valence-electron chi connectivity index (χ1n) is 6.62. The molecule has 0 bridgehead atoms. The van der Waals surface area contributed by atoms with Gasteiger partial charge in [-0.3, -0.25) is 4.79 Å². The van der Waals surface area contributed by atoms with Crippen molar-refractivity contribution in [1.29, 1.82) is 0 Å². The first-order valence-corrected chi connectivity index (χ1v) is 7.44. The van der Waals surface area contributed by atoms with Gasteiger partial charge in [0.15, 0.2) is 0 Å². The van der Waals surface area contributed by atoms with E-state index in [4.69, 9.17) is 0 Å².